The minimum Gasteiger partial charge on any atom is -0.396 e. The van der Waals surface area contributed by atoms with Crippen LogP contribution in [0.1, 0.15) is 22.5 Å². The molecule has 1 atom stereocenters. The van der Waals surface area contributed by atoms with Gasteiger partial charge >= 0.3 is 0 Å². The molecule has 1 fully saturated rings. The topological polar surface area (TPSA) is 90.4 Å². The summed E-state index contributed by atoms with van der Waals surface area (Å²) >= 11 is 2.83. The maximum absolute atomic E-state index is 11.3. The number of nitrogens with two attached hydrogens (primary N) is 2. The number of amides is 1. The Kier molecular flexibility index (Phi) is 4.36. The first-order chi connectivity index (χ1) is 8.63. The molecule has 1 amide bonds. The molecule has 0 aliphatic carbocycles. The van der Waals surface area contributed by atoms with Crippen LogP contribution in [0.2, 0.25) is 0 Å². The van der Waals surface area contributed by atoms with Crippen molar-refractivity contribution < 1.29 is 9.53 Å². The Morgan fingerprint density at radius 3 is 3.00 bits per heavy atom. The molecule has 0 radical (unpaired) electrons. The lowest BCUT2D eigenvalue weighted by atomic mass is 10.2. The van der Waals surface area contributed by atoms with Gasteiger partial charge in [-0.05, 0) is 19.1 Å². The van der Waals surface area contributed by atoms with E-state index in [0.717, 1.165) is 35.9 Å². The van der Waals surface area contributed by atoms with E-state index >= 15 is 0 Å². The number of ether oxygens (including phenoxy) is 1. The Balaban J connectivity index is 2.10. The van der Waals surface area contributed by atoms with Crippen LogP contribution in [0.3, 0.4) is 0 Å². The molecular formula is C11H17N3O2S2. The van der Waals surface area contributed by atoms with Crippen LogP contribution in [-0.2, 0) is 4.74 Å². The zero-order valence-electron chi connectivity index (χ0n) is 10.2. The molecule has 1 aliphatic rings. The highest BCUT2D eigenvalue weighted by atomic mass is 32.2. The first-order valence-corrected chi connectivity index (χ1v) is 7.79. The van der Waals surface area contributed by atoms with Crippen molar-refractivity contribution in [2.45, 2.75) is 23.8 Å². The molecule has 2 heterocycles. The molecular weight excluding hydrogens is 270 g/mol. The van der Waals surface area contributed by atoms with E-state index in [1.807, 2.05) is 6.26 Å². The lowest BCUT2D eigenvalue weighted by Gasteiger charge is -2.11. The van der Waals surface area contributed by atoms with Crippen LogP contribution in [0, 0.1) is 0 Å². The number of rotatable bonds is 5. The van der Waals surface area contributed by atoms with Crippen LogP contribution in [0.15, 0.2) is 4.90 Å². The second-order valence-electron chi connectivity index (χ2n) is 4.09. The highest BCUT2D eigenvalue weighted by molar-refractivity contribution is 7.99. The van der Waals surface area contributed by atoms with Crippen LogP contribution in [0.25, 0.3) is 0 Å². The molecule has 2 rings (SSSR count). The fourth-order valence-corrected chi connectivity index (χ4v) is 3.84. The largest absolute Gasteiger partial charge is 0.396 e. The monoisotopic (exact) mass is 287 g/mol. The zero-order chi connectivity index (χ0) is 13.1. The summed E-state index contributed by atoms with van der Waals surface area (Å²) in [6.45, 7) is 1.58. The molecule has 1 aromatic rings. The predicted octanol–water partition coefficient (Wildman–Crippen LogP) is 1.74. The summed E-state index contributed by atoms with van der Waals surface area (Å²) in [5, 5.41) is 4.21. The van der Waals surface area contributed by atoms with E-state index in [1.165, 1.54) is 23.1 Å². The summed E-state index contributed by atoms with van der Waals surface area (Å²) < 4.78 is 5.55. The molecule has 5 N–H and O–H groups in total. The number of anilines is 2. The number of hydrogen-bond acceptors (Lipinski definition) is 6. The van der Waals surface area contributed by atoms with Gasteiger partial charge in [-0.1, -0.05) is 0 Å². The number of carbonyl (C=O) groups is 1. The van der Waals surface area contributed by atoms with Crippen LogP contribution in [0.5, 0.6) is 0 Å². The lowest BCUT2D eigenvalue weighted by Crippen LogP contribution is -2.18. The molecule has 0 aromatic carbocycles. The van der Waals surface area contributed by atoms with Gasteiger partial charge in [0.15, 0.2) is 0 Å². The average molecular weight is 287 g/mol. The second kappa shape index (κ2) is 5.81. The lowest BCUT2D eigenvalue weighted by molar-refractivity contribution is 0.100. The molecule has 1 aromatic heterocycles. The molecule has 100 valence electrons. The van der Waals surface area contributed by atoms with Gasteiger partial charge in [0, 0.05) is 13.2 Å². The van der Waals surface area contributed by atoms with Crippen molar-refractivity contribution in [3.05, 3.63) is 4.88 Å². The summed E-state index contributed by atoms with van der Waals surface area (Å²) in [5.74, 6) is -0.474. The Hall–Kier alpha value is -0.920. The highest BCUT2D eigenvalue weighted by Crippen LogP contribution is 2.41. The molecule has 7 heteroatoms. The van der Waals surface area contributed by atoms with Crippen molar-refractivity contribution in [1.82, 2.24) is 0 Å². The van der Waals surface area contributed by atoms with E-state index in [4.69, 9.17) is 16.2 Å². The first-order valence-electron chi connectivity index (χ1n) is 5.75. The highest BCUT2D eigenvalue weighted by Gasteiger charge is 2.20. The summed E-state index contributed by atoms with van der Waals surface area (Å²) in [5.41, 5.74) is 11.7. The van der Waals surface area contributed by atoms with Gasteiger partial charge in [-0.3, -0.25) is 4.79 Å². The number of nitrogens with one attached hydrogen (secondary N) is 1. The molecule has 0 bridgehead atoms. The van der Waals surface area contributed by atoms with Crippen molar-refractivity contribution in [3.63, 3.8) is 0 Å². The minimum atomic E-state index is -0.474. The van der Waals surface area contributed by atoms with E-state index in [9.17, 15) is 4.79 Å². The molecule has 5 nitrogen and oxygen atoms in total. The van der Waals surface area contributed by atoms with E-state index in [-0.39, 0.29) is 6.10 Å². The first kappa shape index (κ1) is 13.5. The Labute approximate surface area is 114 Å². The van der Waals surface area contributed by atoms with Gasteiger partial charge < -0.3 is 21.5 Å². The Bertz CT molecular complexity index is 442. The quantitative estimate of drug-likeness (QED) is 0.718. The summed E-state index contributed by atoms with van der Waals surface area (Å²) in [6, 6.07) is 0. The van der Waals surface area contributed by atoms with Crippen molar-refractivity contribution in [3.8, 4) is 0 Å². The van der Waals surface area contributed by atoms with Gasteiger partial charge in [0.25, 0.3) is 5.91 Å². The van der Waals surface area contributed by atoms with Crippen LogP contribution in [-0.4, -0.2) is 31.4 Å². The SMILES string of the molecule is CSc1c(NCC2CCCO2)sc(C(N)=O)c1N. The third-order valence-corrected chi connectivity index (χ3v) is 4.98. The summed E-state index contributed by atoms with van der Waals surface area (Å²) in [7, 11) is 0. The van der Waals surface area contributed by atoms with E-state index < -0.39 is 5.91 Å². The van der Waals surface area contributed by atoms with Gasteiger partial charge in [0.05, 0.1) is 16.7 Å². The van der Waals surface area contributed by atoms with Gasteiger partial charge in [0.1, 0.15) is 9.88 Å². The predicted molar refractivity (Wildman–Crippen MR) is 76.5 cm³/mol. The van der Waals surface area contributed by atoms with Gasteiger partial charge in [-0.2, -0.15) is 0 Å². The number of primary amides is 1. The zero-order valence-corrected chi connectivity index (χ0v) is 11.8. The fraction of sp³-hybridized carbons (Fsp3) is 0.545. The normalized spacial score (nSPS) is 19.1. The number of thioether (sulfide) groups is 1. The molecule has 0 saturated carbocycles. The number of nitrogen functional groups attached to an aromatic ring is 1. The molecule has 0 spiro atoms. The van der Waals surface area contributed by atoms with Crippen LogP contribution >= 0.6 is 23.1 Å². The van der Waals surface area contributed by atoms with E-state index in [1.54, 1.807) is 0 Å². The summed E-state index contributed by atoms with van der Waals surface area (Å²) in [4.78, 5) is 12.6. The van der Waals surface area contributed by atoms with E-state index in [0.29, 0.717) is 10.6 Å². The summed E-state index contributed by atoms with van der Waals surface area (Å²) in [6.07, 6.45) is 4.37. The average Bonchev–Trinajstić information content (AvgIpc) is 2.93. The van der Waals surface area contributed by atoms with Crippen molar-refractivity contribution >= 4 is 39.7 Å². The minimum absolute atomic E-state index is 0.250. The molecule has 1 unspecified atom stereocenters. The second-order valence-corrected chi connectivity index (χ2v) is 5.92. The molecule has 1 saturated heterocycles. The Morgan fingerprint density at radius 2 is 2.44 bits per heavy atom. The Morgan fingerprint density at radius 1 is 1.67 bits per heavy atom. The molecule has 18 heavy (non-hydrogen) atoms. The smallest absolute Gasteiger partial charge is 0.261 e. The third-order valence-electron chi connectivity index (χ3n) is 2.84. The number of hydrogen-bond donors (Lipinski definition) is 3. The fourth-order valence-electron chi connectivity index (χ4n) is 1.94. The van der Waals surface area contributed by atoms with Gasteiger partial charge in [-0.15, -0.1) is 23.1 Å². The van der Waals surface area contributed by atoms with Crippen LogP contribution < -0.4 is 16.8 Å². The number of thiophene rings is 1. The molecule has 1 aliphatic heterocycles. The maximum atomic E-state index is 11.3. The van der Waals surface area contributed by atoms with Gasteiger partial charge in [-0.25, -0.2) is 0 Å². The third kappa shape index (κ3) is 2.73. The number of carbonyl (C=O) groups excluding carboxylic acids is 1. The van der Waals surface area contributed by atoms with Gasteiger partial charge in [0.2, 0.25) is 0 Å². The van der Waals surface area contributed by atoms with Crippen molar-refractivity contribution in [1.29, 1.82) is 0 Å². The van der Waals surface area contributed by atoms with Crippen molar-refractivity contribution in [2.75, 3.05) is 30.5 Å². The maximum Gasteiger partial charge on any atom is 0.261 e. The van der Waals surface area contributed by atoms with E-state index in [2.05, 4.69) is 5.32 Å². The standard InChI is InChI=1S/C11H17N3O2S2/c1-17-9-7(12)8(10(13)15)18-11(9)14-5-6-3-2-4-16-6/h6,14H,2-5,12H2,1H3,(H2,13,15). The van der Waals surface area contributed by atoms with Crippen LogP contribution in [0.4, 0.5) is 10.7 Å². The van der Waals surface area contributed by atoms with Crippen molar-refractivity contribution in [2.24, 2.45) is 5.73 Å².